The third kappa shape index (κ3) is 5.77. The van der Waals surface area contributed by atoms with E-state index < -0.39 is 12.1 Å². The monoisotopic (exact) mass is 467 g/mol. The molecule has 1 saturated heterocycles. The van der Waals surface area contributed by atoms with Crippen LogP contribution in [-0.2, 0) is 38.6 Å². The molecule has 1 aromatic carbocycles. The van der Waals surface area contributed by atoms with Gasteiger partial charge in [0.15, 0.2) is 0 Å². The van der Waals surface area contributed by atoms with Crippen LogP contribution in [0.1, 0.15) is 31.0 Å². The minimum atomic E-state index is -0.805. The maximum Gasteiger partial charge on any atom is 0.243 e. The smallest absolute Gasteiger partial charge is 0.243 e. The minimum absolute atomic E-state index is 0.0793. The molecule has 0 spiro atoms. The highest BCUT2D eigenvalue weighted by atomic mass is 16.2. The summed E-state index contributed by atoms with van der Waals surface area (Å²) < 4.78 is 1.39. The Morgan fingerprint density at radius 1 is 1.06 bits per heavy atom. The summed E-state index contributed by atoms with van der Waals surface area (Å²) in [6.07, 6.45) is 3.54. The number of fused-ring (bicyclic) bond motifs is 3. The topological polar surface area (TPSA) is 138 Å². The fraction of sp³-hybridized carbons (Fsp3) is 0.478. The molecule has 0 saturated carbocycles. The summed E-state index contributed by atoms with van der Waals surface area (Å²) >= 11 is 0. The highest BCUT2D eigenvalue weighted by molar-refractivity contribution is 5.93. The fourth-order valence-corrected chi connectivity index (χ4v) is 4.36. The molecule has 34 heavy (non-hydrogen) atoms. The van der Waals surface area contributed by atoms with Gasteiger partial charge in [0.05, 0.1) is 12.2 Å². The lowest BCUT2D eigenvalue weighted by atomic mass is 10.0. The van der Waals surface area contributed by atoms with Gasteiger partial charge < -0.3 is 20.9 Å². The number of carbonyl (C=O) groups is 4. The molecule has 3 atom stereocenters. The minimum Gasteiger partial charge on any atom is -0.351 e. The first-order valence-electron chi connectivity index (χ1n) is 11.5. The van der Waals surface area contributed by atoms with E-state index in [0.29, 0.717) is 37.9 Å². The normalized spacial score (nSPS) is 24.6. The summed E-state index contributed by atoms with van der Waals surface area (Å²) in [7, 11) is 0. The number of nitrogens with one attached hydrogen (secondary N) is 3. The molecule has 11 heteroatoms. The molecule has 0 radical (unpaired) electrons. The fourth-order valence-electron chi connectivity index (χ4n) is 4.36. The van der Waals surface area contributed by atoms with Gasteiger partial charge in [0.2, 0.25) is 23.6 Å². The quantitative estimate of drug-likeness (QED) is 0.527. The van der Waals surface area contributed by atoms with Crippen molar-refractivity contribution in [2.75, 3.05) is 13.1 Å². The van der Waals surface area contributed by atoms with Gasteiger partial charge in [-0.2, -0.15) is 0 Å². The van der Waals surface area contributed by atoms with Gasteiger partial charge in [-0.15, -0.1) is 5.10 Å². The van der Waals surface area contributed by atoms with Crippen LogP contribution in [0.5, 0.6) is 0 Å². The van der Waals surface area contributed by atoms with Gasteiger partial charge in [-0.3, -0.25) is 19.2 Å². The van der Waals surface area contributed by atoms with E-state index in [-0.39, 0.29) is 42.8 Å². The zero-order chi connectivity index (χ0) is 24.1. The second kappa shape index (κ2) is 10.4. The Hall–Kier alpha value is -3.76. The van der Waals surface area contributed by atoms with Crippen molar-refractivity contribution in [1.82, 2.24) is 35.8 Å². The van der Waals surface area contributed by atoms with Gasteiger partial charge in [-0.05, 0) is 25.3 Å². The Morgan fingerprint density at radius 3 is 2.65 bits per heavy atom. The Bertz CT molecular complexity index is 1050. The van der Waals surface area contributed by atoms with Crippen molar-refractivity contribution in [3.8, 4) is 0 Å². The molecule has 2 aromatic rings. The highest BCUT2D eigenvalue weighted by Gasteiger charge is 2.36. The number of rotatable bonds is 2. The number of hydrogen-bond donors (Lipinski definition) is 3. The lowest BCUT2D eigenvalue weighted by Gasteiger charge is -2.27. The maximum atomic E-state index is 13.2. The van der Waals surface area contributed by atoms with Crippen molar-refractivity contribution in [3.63, 3.8) is 0 Å². The average molecular weight is 468 g/mol. The molecular weight excluding hydrogens is 438 g/mol. The molecule has 3 unspecified atom stereocenters. The Morgan fingerprint density at radius 2 is 1.85 bits per heavy atom. The highest BCUT2D eigenvalue weighted by Crippen LogP contribution is 2.18. The van der Waals surface area contributed by atoms with Crippen molar-refractivity contribution in [1.29, 1.82) is 0 Å². The number of benzene rings is 1. The molecule has 2 aliphatic rings. The van der Waals surface area contributed by atoms with E-state index in [1.807, 2.05) is 37.3 Å². The van der Waals surface area contributed by atoms with Crippen molar-refractivity contribution in [2.24, 2.45) is 0 Å². The Balaban J connectivity index is 1.58. The van der Waals surface area contributed by atoms with Crippen LogP contribution in [0.15, 0.2) is 36.5 Å². The van der Waals surface area contributed by atoms with E-state index in [1.54, 1.807) is 6.20 Å². The lowest BCUT2D eigenvalue weighted by molar-refractivity contribution is -0.139. The predicted octanol–water partition coefficient (Wildman–Crippen LogP) is -0.826. The van der Waals surface area contributed by atoms with Crippen LogP contribution < -0.4 is 16.0 Å². The van der Waals surface area contributed by atoms with Crippen LogP contribution >= 0.6 is 0 Å². The molecule has 2 aliphatic heterocycles. The Kier molecular flexibility index (Phi) is 7.19. The largest absolute Gasteiger partial charge is 0.351 e. The maximum absolute atomic E-state index is 13.2. The SMILES string of the molecule is CC1Cc2cn(nn2)CC(=O)NCC(=O)N2CCCC2C(=O)NC(Cc2ccccc2)C(=O)N1. The average Bonchev–Trinajstić information content (AvgIpc) is 3.47. The molecule has 3 N–H and O–H groups in total. The van der Waals surface area contributed by atoms with E-state index in [1.165, 1.54) is 9.58 Å². The first-order valence-corrected chi connectivity index (χ1v) is 11.5. The molecule has 1 aromatic heterocycles. The van der Waals surface area contributed by atoms with E-state index >= 15 is 0 Å². The van der Waals surface area contributed by atoms with Crippen molar-refractivity contribution in [2.45, 2.75) is 57.3 Å². The molecular formula is C23H29N7O4. The van der Waals surface area contributed by atoms with E-state index in [0.717, 1.165) is 5.56 Å². The van der Waals surface area contributed by atoms with Crippen molar-refractivity contribution >= 4 is 23.6 Å². The van der Waals surface area contributed by atoms with Crippen LogP contribution in [-0.4, -0.2) is 74.7 Å². The van der Waals surface area contributed by atoms with Gasteiger partial charge in [-0.25, -0.2) is 4.68 Å². The van der Waals surface area contributed by atoms with E-state index in [4.69, 9.17) is 0 Å². The standard InChI is InChI=1S/C23H29N7O4/c1-15-10-17-13-29(28-27-17)14-20(31)24-12-21(32)30-9-5-8-19(30)23(34)26-18(22(33)25-15)11-16-6-3-2-4-7-16/h2-4,6-7,13,15,18-19H,5,8-12,14H2,1H3,(H,24,31)(H,25,33)(H,26,34). The summed E-state index contributed by atoms with van der Waals surface area (Å²) in [6.45, 7) is 1.97. The molecule has 1 fully saturated rings. The molecule has 3 heterocycles. The van der Waals surface area contributed by atoms with E-state index in [9.17, 15) is 19.2 Å². The summed E-state index contributed by atoms with van der Waals surface area (Å²) in [6, 6.07) is 7.69. The Labute approximate surface area is 197 Å². The second-order valence-electron chi connectivity index (χ2n) is 8.79. The summed E-state index contributed by atoms with van der Waals surface area (Å²) in [5, 5.41) is 16.4. The van der Waals surface area contributed by atoms with Crippen LogP contribution in [0.4, 0.5) is 0 Å². The first-order chi connectivity index (χ1) is 16.4. The van der Waals surface area contributed by atoms with Crippen LogP contribution in [0, 0.1) is 0 Å². The van der Waals surface area contributed by atoms with Crippen molar-refractivity contribution < 1.29 is 19.2 Å². The zero-order valence-electron chi connectivity index (χ0n) is 19.1. The summed E-state index contributed by atoms with van der Waals surface area (Å²) in [5.41, 5.74) is 1.52. The first kappa shape index (κ1) is 23.4. The van der Waals surface area contributed by atoms with Gasteiger partial charge in [-0.1, -0.05) is 35.5 Å². The molecule has 4 amide bonds. The second-order valence-corrected chi connectivity index (χ2v) is 8.79. The molecule has 180 valence electrons. The van der Waals surface area contributed by atoms with Crippen LogP contribution in [0.3, 0.4) is 0 Å². The molecule has 2 bridgehead atoms. The third-order valence-corrected chi connectivity index (χ3v) is 6.02. The van der Waals surface area contributed by atoms with Gasteiger partial charge in [0.1, 0.15) is 18.6 Å². The van der Waals surface area contributed by atoms with Gasteiger partial charge in [0.25, 0.3) is 0 Å². The summed E-state index contributed by atoms with van der Waals surface area (Å²) in [5.74, 6) is -1.40. The van der Waals surface area contributed by atoms with Gasteiger partial charge >= 0.3 is 0 Å². The van der Waals surface area contributed by atoms with E-state index in [2.05, 4.69) is 26.3 Å². The predicted molar refractivity (Wildman–Crippen MR) is 121 cm³/mol. The number of amides is 4. The molecule has 0 aliphatic carbocycles. The van der Waals surface area contributed by atoms with Crippen molar-refractivity contribution in [3.05, 3.63) is 47.8 Å². The van der Waals surface area contributed by atoms with Crippen LogP contribution in [0.25, 0.3) is 0 Å². The van der Waals surface area contributed by atoms with Gasteiger partial charge in [0, 0.05) is 31.6 Å². The third-order valence-electron chi connectivity index (χ3n) is 6.02. The number of aromatic nitrogens is 3. The molecule has 4 rings (SSSR count). The zero-order valence-corrected chi connectivity index (χ0v) is 19.1. The number of nitrogens with zero attached hydrogens (tertiary/aromatic N) is 4. The molecule has 11 nitrogen and oxygen atoms in total. The number of hydrogen-bond acceptors (Lipinski definition) is 6. The number of carbonyl (C=O) groups excluding carboxylic acids is 4. The van der Waals surface area contributed by atoms with Crippen LogP contribution in [0.2, 0.25) is 0 Å². The lowest BCUT2D eigenvalue weighted by Crippen LogP contribution is -2.55. The summed E-state index contributed by atoms with van der Waals surface area (Å²) in [4.78, 5) is 52.8.